The van der Waals surface area contributed by atoms with E-state index in [9.17, 15) is 19.2 Å². The number of hydrogen-bond donors (Lipinski definition) is 3. The molecule has 0 saturated carbocycles. The molecular formula is C29H50N6O5S. The lowest BCUT2D eigenvalue weighted by Gasteiger charge is -2.38. The lowest BCUT2D eigenvalue weighted by Crippen LogP contribution is -2.60. The van der Waals surface area contributed by atoms with Gasteiger partial charge in [0.05, 0.1) is 18.2 Å². The molecule has 1 aromatic heterocycles. The van der Waals surface area contributed by atoms with Crippen LogP contribution in [-0.4, -0.2) is 90.0 Å². The number of rotatable bonds is 14. The second-order valence-electron chi connectivity index (χ2n) is 11.5. The second kappa shape index (κ2) is 15.5. The summed E-state index contributed by atoms with van der Waals surface area (Å²) in [5.41, 5.74) is -0.462. The number of carbonyl (C=O) groups excluding carboxylic acids is 4. The van der Waals surface area contributed by atoms with Gasteiger partial charge < -0.3 is 25.6 Å². The summed E-state index contributed by atoms with van der Waals surface area (Å²) in [6.45, 7) is 15.0. The maximum absolute atomic E-state index is 14.1. The summed E-state index contributed by atoms with van der Waals surface area (Å²) in [6, 6.07) is -1.90. The minimum absolute atomic E-state index is 0.0266. The third-order valence-corrected chi connectivity index (χ3v) is 9.25. The number of nitrogens with one attached hydrogen (secondary N) is 3. The first-order chi connectivity index (χ1) is 19.3. The van der Waals surface area contributed by atoms with Gasteiger partial charge in [-0.05, 0) is 65.5 Å². The van der Waals surface area contributed by atoms with Crippen LogP contribution in [0.1, 0.15) is 95.7 Å². The second-order valence-corrected chi connectivity index (χ2v) is 12.4. The van der Waals surface area contributed by atoms with Crippen molar-refractivity contribution < 1.29 is 23.9 Å². The Morgan fingerprint density at radius 1 is 1.17 bits per heavy atom. The summed E-state index contributed by atoms with van der Waals surface area (Å²) in [5.74, 6) is -0.867. The SMILES string of the molecule is CCNC(=O)NC(CC(C(C)C)N(C)C(=O)C(NC(=O)[C@@]1(C)CCCN1C)C(C)CC)c1nc(C(=O)OCC)cs1. The molecule has 0 aromatic carbocycles. The van der Waals surface area contributed by atoms with Crippen molar-refractivity contribution in [2.45, 2.75) is 97.8 Å². The smallest absolute Gasteiger partial charge is 0.357 e. The fraction of sp³-hybridized carbons (Fsp3) is 0.759. The zero-order chi connectivity index (χ0) is 30.9. The molecule has 3 N–H and O–H groups in total. The molecular weight excluding hydrogens is 544 g/mol. The molecule has 1 aliphatic rings. The quantitative estimate of drug-likeness (QED) is 0.281. The van der Waals surface area contributed by atoms with Crippen LogP contribution >= 0.6 is 11.3 Å². The summed E-state index contributed by atoms with van der Waals surface area (Å²) in [5, 5.41) is 11.0. The van der Waals surface area contributed by atoms with Gasteiger partial charge in [0.1, 0.15) is 11.0 Å². The van der Waals surface area contributed by atoms with Gasteiger partial charge in [-0.25, -0.2) is 14.6 Å². The zero-order valence-electron chi connectivity index (χ0n) is 26.2. The molecule has 2 heterocycles. The Morgan fingerprint density at radius 3 is 2.39 bits per heavy atom. The Morgan fingerprint density at radius 2 is 1.85 bits per heavy atom. The lowest BCUT2D eigenvalue weighted by atomic mass is 9.91. The number of hydrogen-bond acceptors (Lipinski definition) is 8. The molecule has 0 radical (unpaired) electrons. The van der Waals surface area contributed by atoms with Crippen molar-refractivity contribution in [3.8, 4) is 0 Å². The van der Waals surface area contributed by atoms with Gasteiger partial charge in [-0.15, -0.1) is 11.3 Å². The summed E-state index contributed by atoms with van der Waals surface area (Å²) >= 11 is 1.26. The molecule has 5 atom stereocenters. The molecule has 11 nitrogen and oxygen atoms in total. The fourth-order valence-corrected chi connectivity index (χ4v) is 6.06. The van der Waals surface area contributed by atoms with Gasteiger partial charge in [0.25, 0.3) is 0 Å². The molecule has 2 rings (SSSR count). The van der Waals surface area contributed by atoms with Crippen molar-refractivity contribution in [1.29, 1.82) is 0 Å². The van der Waals surface area contributed by atoms with Crippen LogP contribution in [0.4, 0.5) is 4.79 Å². The van der Waals surface area contributed by atoms with Crippen LogP contribution in [0.25, 0.3) is 0 Å². The standard InChI is InChI=1S/C29H50N6O5S/c1-10-19(6)23(33-27(38)29(7)14-13-15-34(29)8)25(36)35(9)22(18(4)5)16-20(32-28(39)30-11-2)24-31-21(17-41-24)26(37)40-12-3/h17-20,22-23H,10-16H2,1-9H3,(H,33,38)(H2,30,32,39)/t19?,20?,22?,23?,29-/m1/s1. The van der Waals surface area contributed by atoms with E-state index < -0.39 is 23.6 Å². The highest BCUT2D eigenvalue weighted by molar-refractivity contribution is 7.09. The number of likely N-dealkylation sites (tertiary alicyclic amines) is 1. The van der Waals surface area contributed by atoms with Gasteiger partial charge in [0.15, 0.2) is 5.69 Å². The topological polar surface area (TPSA) is 133 Å². The van der Waals surface area contributed by atoms with Gasteiger partial charge in [0.2, 0.25) is 11.8 Å². The molecule has 12 heteroatoms. The predicted octanol–water partition coefficient (Wildman–Crippen LogP) is 3.57. The Hall–Kier alpha value is -2.73. The highest BCUT2D eigenvalue weighted by atomic mass is 32.1. The maximum Gasteiger partial charge on any atom is 0.357 e. The summed E-state index contributed by atoms with van der Waals surface area (Å²) in [4.78, 5) is 60.6. The Bertz CT molecular complexity index is 1050. The summed E-state index contributed by atoms with van der Waals surface area (Å²) in [7, 11) is 3.70. The van der Waals surface area contributed by atoms with Crippen LogP contribution < -0.4 is 16.0 Å². The molecule has 4 amide bonds. The Balaban J connectivity index is 2.34. The largest absolute Gasteiger partial charge is 0.461 e. The number of likely N-dealkylation sites (N-methyl/N-ethyl adjacent to an activating group) is 2. The minimum Gasteiger partial charge on any atom is -0.461 e. The zero-order valence-corrected chi connectivity index (χ0v) is 27.0. The average molecular weight is 595 g/mol. The minimum atomic E-state index is -0.686. The first kappa shape index (κ1) is 34.5. The van der Waals surface area contributed by atoms with Crippen molar-refractivity contribution in [3.05, 3.63) is 16.1 Å². The normalized spacial score (nSPS) is 20.1. The lowest BCUT2D eigenvalue weighted by molar-refractivity contribution is -0.142. The number of urea groups is 1. The van der Waals surface area contributed by atoms with E-state index in [0.29, 0.717) is 18.0 Å². The van der Waals surface area contributed by atoms with E-state index in [4.69, 9.17) is 4.74 Å². The van der Waals surface area contributed by atoms with Gasteiger partial charge in [-0.1, -0.05) is 34.1 Å². The van der Waals surface area contributed by atoms with Crippen LogP contribution in [0.15, 0.2) is 5.38 Å². The summed E-state index contributed by atoms with van der Waals surface area (Å²) < 4.78 is 5.09. The van der Waals surface area contributed by atoms with Crippen LogP contribution in [0.5, 0.6) is 0 Å². The Labute approximate surface area is 249 Å². The molecule has 0 spiro atoms. The van der Waals surface area contributed by atoms with Gasteiger partial charge in [-0.2, -0.15) is 0 Å². The molecule has 0 bridgehead atoms. The van der Waals surface area contributed by atoms with Crippen molar-refractivity contribution in [1.82, 2.24) is 30.7 Å². The summed E-state index contributed by atoms with van der Waals surface area (Å²) in [6.07, 6.45) is 2.78. The van der Waals surface area contributed by atoms with Gasteiger partial charge in [0, 0.05) is 25.0 Å². The molecule has 232 valence electrons. The van der Waals surface area contributed by atoms with E-state index in [1.54, 1.807) is 24.3 Å². The van der Waals surface area contributed by atoms with Crippen molar-refractivity contribution >= 4 is 35.2 Å². The highest BCUT2D eigenvalue weighted by Crippen LogP contribution is 2.30. The fourth-order valence-electron chi connectivity index (χ4n) is 5.20. The van der Waals surface area contributed by atoms with Crippen molar-refractivity contribution in [2.24, 2.45) is 11.8 Å². The van der Waals surface area contributed by atoms with E-state index in [1.807, 2.05) is 48.6 Å². The third kappa shape index (κ3) is 8.64. The van der Waals surface area contributed by atoms with Crippen LogP contribution in [0.3, 0.4) is 0 Å². The molecule has 1 aliphatic heterocycles. The molecule has 4 unspecified atom stereocenters. The average Bonchev–Trinajstić information content (AvgIpc) is 3.56. The van der Waals surface area contributed by atoms with Crippen molar-refractivity contribution in [3.63, 3.8) is 0 Å². The molecule has 1 fully saturated rings. The molecule has 1 saturated heterocycles. The molecule has 41 heavy (non-hydrogen) atoms. The number of aromatic nitrogens is 1. The number of amides is 4. The predicted molar refractivity (Wildman–Crippen MR) is 161 cm³/mol. The molecule has 0 aliphatic carbocycles. The highest BCUT2D eigenvalue weighted by Gasteiger charge is 2.43. The van der Waals surface area contributed by atoms with E-state index in [1.165, 1.54) is 11.3 Å². The van der Waals surface area contributed by atoms with E-state index in [-0.39, 0.29) is 48.0 Å². The maximum atomic E-state index is 14.1. The number of nitrogens with zero attached hydrogens (tertiary/aromatic N) is 3. The van der Waals surface area contributed by atoms with Crippen LogP contribution in [0, 0.1) is 11.8 Å². The number of esters is 1. The monoisotopic (exact) mass is 594 g/mol. The number of carbonyl (C=O) groups is 4. The first-order valence-corrected chi connectivity index (χ1v) is 15.6. The first-order valence-electron chi connectivity index (χ1n) is 14.8. The molecule has 1 aromatic rings. The van der Waals surface area contributed by atoms with Crippen molar-refractivity contribution in [2.75, 3.05) is 33.8 Å². The number of ether oxygens (including phenoxy) is 1. The van der Waals surface area contributed by atoms with Crippen LogP contribution in [-0.2, 0) is 14.3 Å². The van der Waals surface area contributed by atoms with Gasteiger partial charge >= 0.3 is 12.0 Å². The van der Waals surface area contributed by atoms with E-state index >= 15 is 0 Å². The Kier molecular flexibility index (Phi) is 13.0. The third-order valence-electron chi connectivity index (χ3n) is 8.29. The van der Waals surface area contributed by atoms with E-state index in [2.05, 4.69) is 25.8 Å². The van der Waals surface area contributed by atoms with Crippen LogP contribution in [0.2, 0.25) is 0 Å². The number of thiazole rings is 1. The van der Waals surface area contributed by atoms with Gasteiger partial charge in [-0.3, -0.25) is 14.5 Å². The van der Waals surface area contributed by atoms with E-state index in [0.717, 1.165) is 25.8 Å².